The van der Waals surface area contributed by atoms with Crippen LogP contribution in [0.1, 0.15) is 5.56 Å². The highest BCUT2D eigenvalue weighted by molar-refractivity contribution is 5.90. The Morgan fingerprint density at radius 2 is 2.10 bits per heavy atom. The van der Waals surface area contributed by atoms with Crippen LogP contribution in [0.15, 0.2) is 55.0 Å². The lowest BCUT2D eigenvalue weighted by atomic mass is 10.1. The molecule has 29 heavy (non-hydrogen) atoms. The van der Waals surface area contributed by atoms with Gasteiger partial charge in [0.1, 0.15) is 6.10 Å². The van der Waals surface area contributed by atoms with Crippen molar-refractivity contribution in [2.75, 3.05) is 18.5 Å². The van der Waals surface area contributed by atoms with Crippen molar-refractivity contribution in [3.63, 3.8) is 0 Å². The minimum atomic E-state index is -0.0450. The molecule has 8 nitrogen and oxygen atoms in total. The number of ether oxygens (including phenoxy) is 2. The van der Waals surface area contributed by atoms with Crippen molar-refractivity contribution in [2.45, 2.75) is 18.8 Å². The van der Waals surface area contributed by atoms with E-state index >= 15 is 0 Å². The highest BCUT2D eigenvalue weighted by atomic mass is 16.5. The average Bonchev–Trinajstić information content (AvgIpc) is 3.48. The molecule has 5 rings (SSSR count). The molecule has 0 aliphatic carbocycles. The lowest BCUT2D eigenvalue weighted by molar-refractivity contribution is 0.0285. The van der Waals surface area contributed by atoms with Gasteiger partial charge in [-0.25, -0.2) is 4.98 Å². The largest absolute Gasteiger partial charge is 0.376 e. The zero-order valence-electron chi connectivity index (χ0n) is 16.1. The summed E-state index contributed by atoms with van der Waals surface area (Å²) in [6.45, 7) is 1.69. The number of nitrogens with one attached hydrogen (secondary N) is 2. The first-order valence-corrected chi connectivity index (χ1v) is 9.59. The van der Waals surface area contributed by atoms with Gasteiger partial charge in [0.25, 0.3) is 0 Å². The molecule has 0 amide bonds. The summed E-state index contributed by atoms with van der Waals surface area (Å²) in [5, 5.41) is 16.1. The molecule has 1 saturated heterocycles. The number of aryl methyl sites for hydroxylation is 1. The monoisotopic (exact) mass is 390 g/mol. The van der Waals surface area contributed by atoms with Gasteiger partial charge in [-0.2, -0.15) is 10.2 Å². The van der Waals surface area contributed by atoms with Crippen molar-refractivity contribution in [1.29, 1.82) is 0 Å². The quantitative estimate of drug-likeness (QED) is 0.526. The molecule has 148 valence electrons. The van der Waals surface area contributed by atoms with Crippen molar-refractivity contribution in [2.24, 2.45) is 7.05 Å². The number of rotatable bonds is 6. The van der Waals surface area contributed by atoms with Crippen molar-refractivity contribution < 1.29 is 9.47 Å². The molecule has 0 spiro atoms. The van der Waals surface area contributed by atoms with Crippen molar-refractivity contribution in [1.82, 2.24) is 25.0 Å². The first-order chi connectivity index (χ1) is 14.3. The van der Waals surface area contributed by atoms with E-state index in [0.717, 1.165) is 33.5 Å². The van der Waals surface area contributed by atoms with Crippen molar-refractivity contribution >= 4 is 16.9 Å². The molecule has 2 N–H and O–H groups in total. The van der Waals surface area contributed by atoms with E-state index in [0.29, 0.717) is 19.8 Å². The summed E-state index contributed by atoms with van der Waals surface area (Å²) in [5.74, 6) is 0.752. The Kier molecular flexibility index (Phi) is 4.71. The van der Waals surface area contributed by atoms with Crippen LogP contribution in [0.2, 0.25) is 0 Å². The van der Waals surface area contributed by atoms with Crippen molar-refractivity contribution in [3.05, 3.63) is 60.6 Å². The summed E-state index contributed by atoms with van der Waals surface area (Å²) in [6, 6.07) is 12.2. The topological polar surface area (TPSA) is 89.9 Å². The zero-order chi connectivity index (χ0) is 19.6. The fourth-order valence-electron chi connectivity index (χ4n) is 3.53. The second-order valence-electron chi connectivity index (χ2n) is 7.22. The van der Waals surface area contributed by atoms with Crippen LogP contribution in [0, 0.1) is 0 Å². The van der Waals surface area contributed by atoms with Gasteiger partial charge in [-0.1, -0.05) is 30.3 Å². The van der Waals surface area contributed by atoms with Gasteiger partial charge in [-0.3, -0.25) is 9.78 Å². The molecule has 0 saturated carbocycles. The van der Waals surface area contributed by atoms with Crippen LogP contribution in [0.4, 0.5) is 5.82 Å². The minimum Gasteiger partial charge on any atom is -0.376 e. The first-order valence-electron chi connectivity index (χ1n) is 9.59. The molecule has 0 radical (unpaired) electrons. The Balaban J connectivity index is 1.33. The number of fused-ring (bicyclic) bond motifs is 1. The van der Waals surface area contributed by atoms with E-state index in [1.807, 2.05) is 43.8 Å². The smallest absolute Gasteiger partial charge is 0.157 e. The van der Waals surface area contributed by atoms with Gasteiger partial charge in [0, 0.05) is 30.6 Å². The number of hydrogen-bond donors (Lipinski definition) is 2. The van der Waals surface area contributed by atoms with Crippen LogP contribution in [-0.4, -0.2) is 50.3 Å². The number of aromatic nitrogens is 5. The highest BCUT2D eigenvalue weighted by Gasteiger charge is 2.30. The fourth-order valence-corrected chi connectivity index (χ4v) is 3.53. The molecule has 1 aliphatic heterocycles. The van der Waals surface area contributed by atoms with Gasteiger partial charge in [-0.15, -0.1) is 0 Å². The standard InChI is InChI=1S/C21H22N6O2/c1-27-10-16(9-23-27)15-7-17-20(22-8-15)25-26-21(17)24-18-12-28-13-19(18)29-11-14-5-3-2-4-6-14/h2-10,18-19H,11-13H2,1H3,(H2,22,24,25,26)/t18-,19-/m1/s1. The SMILES string of the molecule is Cn1cc(-c2cnc3[nH]nc(N[C@@H]4COC[C@H]4OCc4ccccc4)c3c2)cn1. The summed E-state index contributed by atoms with van der Waals surface area (Å²) in [6.07, 6.45) is 5.57. The van der Waals surface area contributed by atoms with Crippen LogP contribution >= 0.6 is 0 Å². The zero-order valence-corrected chi connectivity index (χ0v) is 16.1. The molecule has 2 atom stereocenters. The van der Waals surface area contributed by atoms with Crippen LogP contribution in [0.5, 0.6) is 0 Å². The predicted molar refractivity (Wildman–Crippen MR) is 109 cm³/mol. The number of pyridine rings is 1. The summed E-state index contributed by atoms with van der Waals surface area (Å²) in [7, 11) is 1.90. The minimum absolute atomic E-state index is 0.0206. The second kappa shape index (κ2) is 7.65. The van der Waals surface area contributed by atoms with Crippen LogP contribution in [-0.2, 0) is 23.1 Å². The lowest BCUT2D eigenvalue weighted by Crippen LogP contribution is -2.34. The first kappa shape index (κ1) is 17.8. The number of hydrogen-bond acceptors (Lipinski definition) is 6. The predicted octanol–water partition coefficient (Wildman–Crippen LogP) is 2.75. The van der Waals surface area contributed by atoms with Crippen LogP contribution in [0.25, 0.3) is 22.2 Å². The molecule has 8 heteroatoms. The number of H-pyrrole nitrogens is 1. The van der Waals surface area contributed by atoms with E-state index in [2.05, 4.69) is 43.8 Å². The normalized spacial score (nSPS) is 19.1. The van der Waals surface area contributed by atoms with E-state index in [9.17, 15) is 0 Å². The molecule has 3 aromatic heterocycles. The average molecular weight is 390 g/mol. The Morgan fingerprint density at radius 3 is 2.93 bits per heavy atom. The maximum Gasteiger partial charge on any atom is 0.157 e. The van der Waals surface area contributed by atoms with E-state index in [4.69, 9.17) is 9.47 Å². The molecule has 1 fully saturated rings. The van der Waals surface area contributed by atoms with Gasteiger partial charge in [0.15, 0.2) is 11.5 Å². The van der Waals surface area contributed by atoms with E-state index in [1.165, 1.54) is 0 Å². The van der Waals surface area contributed by atoms with Crippen molar-refractivity contribution in [3.8, 4) is 11.1 Å². The Labute approximate surface area is 167 Å². The molecule has 0 unspecified atom stereocenters. The summed E-state index contributed by atoms with van der Waals surface area (Å²) >= 11 is 0. The maximum atomic E-state index is 6.11. The number of aromatic amines is 1. The number of nitrogens with zero attached hydrogens (tertiary/aromatic N) is 4. The molecule has 4 heterocycles. The summed E-state index contributed by atoms with van der Waals surface area (Å²) in [5.41, 5.74) is 3.89. The van der Waals surface area contributed by atoms with Gasteiger partial charge < -0.3 is 14.8 Å². The lowest BCUT2D eigenvalue weighted by Gasteiger charge is -2.19. The molecule has 1 aliphatic rings. The van der Waals surface area contributed by atoms with E-state index in [1.54, 1.807) is 4.68 Å². The van der Waals surface area contributed by atoms with Gasteiger partial charge in [0.2, 0.25) is 0 Å². The van der Waals surface area contributed by atoms with E-state index in [-0.39, 0.29) is 12.1 Å². The van der Waals surface area contributed by atoms with Gasteiger partial charge in [-0.05, 0) is 11.6 Å². The molecule has 4 aromatic rings. The third-order valence-electron chi connectivity index (χ3n) is 5.11. The van der Waals surface area contributed by atoms with Crippen LogP contribution < -0.4 is 5.32 Å². The Bertz CT molecular complexity index is 1110. The third-order valence-corrected chi connectivity index (χ3v) is 5.11. The highest BCUT2D eigenvalue weighted by Crippen LogP contribution is 2.27. The molecule has 1 aromatic carbocycles. The Morgan fingerprint density at radius 1 is 1.21 bits per heavy atom. The van der Waals surface area contributed by atoms with Gasteiger partial charge in [0.05, 0.1) is 37.4 Å². The Hall–Kier alpha value is -3.23. The molecule has 0 bridgehead atoms. The summed E-state index contributed by atoms with van der Waals surface area (Å²) < 4.78 is 13.5. The summed E-state index contributed by atoms with van der Waals surface area (Å²) in [4.78, 5) is 4.50. The molecular formula is C21H22N6O2. The fraction of sp³-hybridized carbons (Fsp3) is 0.286. The van der Waals surface area contributed by atoms with Gasteiger partial charge >= 0.3 is 0 Å². The molecular weight excluding hydrogens is 368 g/mol. The maximum absolute atomic E-state index is 6.11. The number of anilines is 1. The van der Waals surface area contributed by atoms with E-state index < -0.39 is 0 Å². The second-order valence-corrected chi connectivity index (χ2v) is 7.22. The third kappa shape index (κ3) is 3.72. The number of benzene rings is 1. The van der Waals surface area contributed by atoms with Crippen LogP contribution in [0.3, 0.4) is 0 Å².